The van der Waals surface area contributed by atoms with Gasteiger partial charge in [0.1, 0.15) is 0 Å². The maximum atomic E-state index is 11.5. The second-order valence-electron chi connectivity index (χ2n) is 5.98. The van der Waals surface area contributed by atoms with Gasteiger partial charge in [0.25, 0.3) is 0 Å². The van der Waals surface area contributed by atoms with Gasteiger partial charge in [-0.15, -0.1) is 0 Å². The molecule has 0 aliphatic heterocycles. The Morgan fingerprint density at radius 1 is 1.00 bits per heavy atom. The van der Waals surface area contributed by atoms with E-state index in [1.54, 1.807) is 6.42 Å². The Bertz CT molecular complexity index is 337. The van der Waals surface area contributed by atoms with Crippen molar-refractivity contribution in [3.63, 3.8) is 0 Å². The molecular formula is C16H27FeO4. The van der Waals surface area contributed by atoms with Crippen molar-refractivity contribution in [2.24, 2.45) is 11.8 Å². The molecule has 0 aromatic carbocycles. The molecular weight excluding hydrogens is 312 g/mol. The molecule has 0 fully saturated rings. The van der Waals surface area contributed by atoms with E-state index in [-0.39, 0.29) is 10.8 Å². The Hall–Kier alpha value is -0.671. The van der Waals surface area contributed by atoms with Gasteiger partial charge in [-0.1, -0.05) is 0 Å². The van der Waals surface area contributed by atoms with E-state index in [0.29, 0.717) is 11.8 Å². The molecule has 0 saturated heterocycles. The van der Waals surface area contributed by atoms with Crippen LogP contribution in [0.4, 0.5) is 0 Å². The van der Waals surface area contributed by atoms with Gasteiger partial charge in [-0.2, -0.15) is 0 Å². The predicted molar refractivity (Wildman–Crippen MR) is 78.9 cm³/mol. The van der Waals surface area contributed by atoms with Crippen LogP contribution in [-0.2, 0) is 34.9 Å². The molecule has 0 aromatic heterocycles. The van der Waals surface area contributed by atoms with Gasteiger partial charge in [0, 0.05) is 0 Å². The summed E-state index contributed by atoms with van der Waals surface area (Å²) in [4.78, 5) is 31.9. The first-order valence-electron chi connectivity index (χ1n) is 7.59. The number of hydrogen-bond donors (Lipinski definition) is 0. The van der Waals surface area contributed by atoms with Crippen molar-refractivity contribution in [3.05, 3.63) is 6.42 Å². The van der Waals surface area contributed by atoms with Crippen molar-refractivity contribution in [3.8, 4) is 0 Å². The van der Waals surface area contributed by atoms with Crippen molar-refractivity contribution < 1.29 is 34.9 Å². The van der Waals surface area contributed by atoms with Crippen LogP contribution in [0.3, 0.4) is 0 Å². The van der Waals surface area contributed by atoms with Gasteiger partial charge in [0.2, 0.25) is 0 Å². The van der Waals surface area contributed by atoms with E-state index in [2.05, 4.69) is 53.0 Å². The molecule has 0 saturated carbocycles. The topological polar surface area (TPSA) is 52.6 Å². The summed E-state index contributed by atoms with van der Waals surface area (Å²) < 4.78 is 0.225. The molecule has 5 heteroatoms. The third-order valence-electron chi connectivity index (χ3n) is 2.88. The fourth-order valence-corrected chi connectivity index (χ4v) is 1.82. The fraction of sp³-hybridized carbons (Fsp3) is 0.750. The maximum absolute atomic E-state index is 11.5. The van der Waals surface area contributed by atoms with Crippen LogP contribution in [0.25, 0.3) is 0 Å². The molecule has 0 spiro atoms. The van der Waals surface area contributed by atoms with Crippen LogP contribution < -0.4 is 0 Å². The summed E-state index contributed by atoms with van der Waals surface area (Å²) in [6.07, 6.45) is 6.50. The van der Waals surface area contributed by atoms with E-state index in [1.807, 2.05) is 0 Å². The number of rotatable bonds is 10. The summed E-state index contributed by atoms with van der Waals surface area (Å²) in [5.41, 5.74) is 0. The van der Waals surface area contributed by atoms with E-state index in [1.165, 1.54) is 0 Å². The van der Waals surface area contributed by atoms with Crippen molar-refractivity contribution >= 4 is 16.4 Å². The molecule has 0 amide bonds. The van der Waals surface area contributed by atoms with Crippen LogP contribution in [-0.4, -0.2) is 16.4 Å². The Labute approximate surface area is 136 Å². The van der Waals surface area contributed by atoms with Gasteiger partial charge in [0.05, 0.1) is 0 Å². The number of carbonyl (C=O) groups is 2. The van der Waals surface area contributed by atoms with Gasteiger partial charge in [-0.3, -0.25) is 0 Å². The van der Waals surface area contributed by atoms with Crippen LogP contribution in [0.1, 0.15) is 66.2 Å². The Morgan fingerprint density at radius 3 is 2.19 bits per heavy atom. The summed E-state index contributed by atoms with van der Waals surface area (Å²) in [7, 11) is 0. The molecule has 123 valence electrons. The zero-order chi connectivity index (χ0) is 16.3. The SMILES string of the molecule is CC(C)CC[CH-][C](=[Fe+])C(=O)OOC(=O)CCCCC(C)C. The van der Waals surface area contributed by atoms with Gasteiger partial charge in [-0.25, -0.2) is 0 Å². The standard InChI is InChI=1S/C16H27O4.Fe/c1-13(2)9-5-7-11-15(17)19-20-16(18)12-8-6-10-14(3)4;/h7,13-14H,5-6,8-10,12H2,1-4H3;/q-1;+1. The van der Waals surface area contributed by atoms with Crippen molar-refractivity contribution in [2.75, 3.05) is 0 Å². The molecule has 21 heavy (non-hydrogen) atoms. The quantitative estimate of drug-likeness (QED) is 0.201. The predicted octanol–water partition coefficient (Wildman–Crippen LogP) is 3.56. The summed E-state index contributed by atoms with van der Waals surface area (Å²) in [6, 6.07) is 0. The average molecular weight is 339 g/mol. The molecule has 0 aliphatic rings. The van der Waals surface area contributed by atoms with Crippen LogP contribution in [0, 0.1) is 18.3 Å². The summed E-state index contributed by atoms with van der Waals surface area (Å²) >= 11 is 3.60. The average Bonchev–Trinajstić information content (AvgIpc) is 2.40. The van der Waals surface area contributed by atoms with Crippen molar-refractivity contribution in [1.29, 1.82) is 0 Å². The van der Waals surface area contributed by atoms with Gasteiger partial charge in [0.15, 0.2) is 0 Å². The van der Waals surface area contributed by atoms with E-state index >= 15 is 0 Å². The third kappa shape index (κ3) is 12.8. The van der Waals surface area contributed by atoms with E-state index < -0.39 is 11.9 Å². The molecule has 0 rings (SSSR count). The van der Waals surface area contributed by atoms with Gasteiger partial charge < -0.3 is 0 Å². The van der Waals surface area contributed by atoms with E-state index in [0.717, 1.165) is 32.1 Å². The van der Waals surface area contributed by atoms with Gasteiger partial charge in [-0.05, 0) is 0 Å². The molecule has 4 nitrogen and oxygen atoms in total. The molecule has 0 radical (unpaired) electrons. The first-order chi connectivity index (χ1) is 9.82. The molecule has 0 N–H and O–H groups in total. The van der Waals surface area contributed by atoms with Crippen LogP contribution in [0.15, 0.2) is 0 Å². The normalized spacial score (nSPS) is 10.8. The monoisotopic (exact) mass is 339 g/mol. The zero-order valence-electron chi connectivity index (χ0n) is 13.5. The Morgan fingerprint density at radius 2 is 1.62 bits per heavy atom. The molecule has 0 atom stereocenters. The minimum atomic E-state index is -0.700. The molecule has 0 heterocycles. The zero-order valence-corrected chi connectivity index (χ0v) is 14.6. The van der Waals surface area contributed by atoms with Crippen LogP contribution in [0.2, 0.25) is 0 Å². The first-order valence-corrected chi connectivity index (χ1v) is 8.14. The molecule has 0 unspecified atom stereocenters. The number of unbranched alkanes of at least 4 members (excludes halogenated alkanes) is 1. The van der Waals surface area contributed by atoms with Crippen LogP contribution >= 0.6 is 0 Å². The minimum absolute atomic E-state index is 0.225. The Balaban J connectivity index is 3.71. The van der Waals surface area contributed by atoms with E-state index in [4.69, 9.17) is 0 Å². The summed E-state index contributed by atoms with van der Waals surface area (Å²) in [5.74, 6) is -0.0198. The molecule has 0 aromatic rings. The molecule has 0 aliphatic carbocycles. The van der Waals surface area contributed by atoms with Crippen LogP contribution in [0.5, 0.6) is 0 Å². The van der Waals surface area contributed by atoms with Crippen molar-refractivity contribution in [1.82, 2.24) is 0 Å². The first kappa shape index (κ1) is 20.3. The van der Waals surface area contributed by atoms with Gasteiger partial charge >= 0.3 is 136 Å². The van der Waals surface area contributed by atoms with E-state index in [9.17, 15) is 9.59 Å². The Kier molecular flexibility index (Phi) is 11.6. The third-order valence-corrected chi connectivity index (χ3v) is 3.33. The summed E-state index contributed by atoms with van der Waals surface area (Å²) in [5, 5.41) is 0. The number of carbonyl (C=O) groups excluding carboxylic acids is 2. The second kappa shape index (κ2) is 11.9. The molecule has 0 bridgehead atoms. The summed E-state index contributed by atoms with van der Waals surface area (Å²) in [6.45, 7) is 8.50. The number of hydrogen-bond acceptors (Lipinski definition) is 4. The second-order valence-corrected chi connectivity index (χ2v) is 6.57. The fourth-order valence-electron chi connectivity index (χ4n) is 1.61. The van der Waals surface area contributed by atoms with Crippen molar-refractivity contribution in [2.45, 2.75) is 66.2 Å².